The molecular weight excluding hydrogens is 383 g/mol. The van der Waals surface area contributed by atoms with E-state index >= 15 is 0 Å². The molecule has 27 heavy (non-hydrogen) atoms. The predicted octanol–water partition coefficient (Wildman–Crippen LogP) is 4.11. The van der Waals surface area contributed by atoms with Crippen LogP contribution in [0.1, 0.15) is 36.3 Å². The van der Waals surface area contributed by atoms with Crippen molar-refractivity contribution >= 4 is 35.0 Å². The van der Waals surface area contributed by atoms with Crippen molar-refractivity contribution in [2.45, 2.75) is 30.7 Å². The van der Waals surface area contributed by atoms with Gasteiger partial charge in [0.1, 0.15) is 0 Å². The summed E-state index contributed by atoms with van der Waals surface area (Å²) >= 11 is 12.2. The van der Waals surface area contributed by atoms with E-state index in [-0.39, 0.29) is 17.7 Å². The lowest BCUT2D eigenvalue weighted by Gasteiger charge is -2.45. The van der Waals surface area contributed by atoms with E-state index in [9.17, 15) is 9.59 Å². The second-order valence-electron chi connectivity index (χ2n) is 7.09. The molecule has 2 unspecified atom stereocenters. The molecule has 2 fully saturated rings. The van der Waals surface area contributed by atoms with Gasteiger partial charge in [0.2, 0.25) is 5.91 Å². The van der Waals surface area contributed by atoms with Crippen LogP contribution in [0.25, 0.3) is 0 Å². The number of rotatable bonds is 3. The Bertz CT molecular complexity index is 867. The number of hydrogen-bond donors (Lipinski definition) is 1. The van der Waals surface area contributed by atoms with Gasteiger partial charge in [0, 0.05) is 35.5 Å². The lowest BCUT2D eigenvalue weighted by Crippen LogP contribution is -2.57. The van der Waals surface area contributed by atoms with Crippen LogP contribution in [-0.2, 0) is 15.1 Å². The lowest BCUT2D eigenvalue weighted by molar-refractivity contribution is -0.149. The van der Waals surface area contributed by atoms with Gasteiger partial charge in [0.05, 0.1) is 0 Å². The van der Waals surface area contributed by atoms with E-state index < -0.39 is 5.54 Å². The van der Waals surface area contributed by atoms with E-state index in [1.54, 1.807) is 17.0 Å². The van der Waals surface area contributed by atoms with Crippen LogP contribution in [0.5, 0.6) is 0 Å². The summed E-state index contributed by atoms with van der Waals surface area (Å²) in [5.41, 5.74) is 0.693. The van der Waals surface area contributed by atoms with Crippen molar-refractivity contribution in [1.82, 2.24) is 10.2 Å². The molecule has 0 bridgehead atoms. The van der Waals surface area contributed by atoms with E-state index in [4.69, 9.17) is 23.2 Å². The van der Waals surface area contributed by atoms with E-state index in [2.05, 4.69) is 5.32 Å². The maximum absolute atomic E-state index is 13.3. The SMILES string of the molecule is O=C1CCCCN1C1(c2ccc(Cl)cc2)C(=O)NCC1c1ccc(Cl)cc1. The Balaban J connectivity index is 1.91. The van der Waals surface area contributed by atoms with Crippen LogP contribution in [0.3, 0.4) is 0 Å². The van der Waals surface area contributed by atoms with Gasteiger partial charge in [-0.3, -0.25) is 9.59 Å². The van der Waals surface area contributed by atoms with Gasteiger partial charge in [0.15, 0.2) is 5.54 Å². The highest BCUT2D eigenvalue weighted by Gasteiger charge is 2.57. The van der Waals surface area contributed by atoms with Crippen molar-refractivity contribution in [3.8, 4) is 0 Å². The third-order valence-electron chi connectivity index (χ3n) is 5.62. The fourth-order valence-corrected chi connectivity index (χ4v) is 4.62. The molecule has 0 aliphatic carbocycles. The van der Waals surface area contributed by atoms with Gasteiger partial charge in [-0.05, 0) is 48.2 Å². The number of carbonyl (C=O) groups excluding carboxylic acids is 2. The number of hydrogen-bond acceptors (Lipinski definition) is 2. The highest BCUT2D eigenvalue weighted by Crippen LogP contribution is 2.47. The van der Waals surface area contributed by atoms with Gasteiger partial charge in [-0.2, -0.15) is 0 Å². The second kappa shape index (κ2) is 7.17. The zero-order valence-electron chi connectivity index (χ0n) is 14.8. The summed E-state index contributed by atoms with van der Waals surface area (Å²) in [7, 11) is 0. The molecule has 2 amide bonds. The summed E-state index contributed by atoms with van der Waals surface area (Å²) in [6.07, 6.45) is 2.22. The molecule has 0 saturated carbocycles. The Hall–Kier alpha value is -2.04. The molecule has 4 rings (SSSR count). The first-order chi connectivity index (χ1) is 13.0. The third kappa shape index (κ3) is 3.01. The first-order valence-corrected chi connectivity index (χ1v) is 9.89. The van der Waals surface area contributed by atoms with E-state index in [1.165, 1.54) is 0 Å². The Labute approximate surface area is 168 Å². The van der Waals surface area contributed by atoms with Crippen molar-refractivity contribution < 1.29 is 9.59 Å². The quantitative estimate of drug-likeness (QED) is 0.839. The predicted molar refractivity (Wildman–Crippen MR) is 106 cm³/mol. The molecule has 2 atom stereocenters. The highest BCUT2D eigenvalue weighted by atomic mass is 35.5. The third-order valence-corrected chi connectivity index (χ3v) is 6.13. The first kappa shape index (κ1) is 18.3. The van der Waals surface area contributed by atoms with Crippen LogP contribution >= 0.6 is 23.2 Å². The molecular formula is C21H20Cl2N2O2. The summed E-state index contributed by atoms with van der Waals surface area (Å²) in [6.45, 7) is 1.03. The van der Waals surface area contributed by atoms with Crippen molar-refractivity contribution in [3.63, 3.8) is 0 Å². The zero-order valence-corrected chi connectivity index (χ0v) is 16.3. The normalized spacial score (nSPS) is 25.6. The maximum atomic E-state index is 13.3. The Morgan fingerprint density at radius 2 is 1.56 bits per heavy atom. The summed E-state index contributed by atoms with van der Waals surface area (Å²) in [5, 5.41) is 4.24. The number of nitrogens with one attached hydrogen (secondary N) is 1. The van der Waals surface area contributed by atoms with Crippen molar-refractivity contribution in [3.05, 3.63) is 69.7 Å². The molecule has 140 valence electrons. The number of benzene rings is 2. The molecule has 0 radical (unpaired) electrons. The van der Waals surface area contributed by atoms with Crippen molar-refractivity contribution in [2.24, 2.45) is 0 Å². The first-order valence-electron chi connectivity index (χ1n) is 9.14. The molecule has 0 spiro atoms. The molecule has 4 nitrogen and oxygen atoms in total. The largest absolute Gasteiger partial charge is 0.353 e. The smallest absolute Gasteiger partial charge is 0.251 e. The molecule has 2 aromatic carbocycles. The Morgan fingerprint density at radius 3 is 2.19 bits per heavy atom. The van der Waals surface area contributed by atoms with Crippen molar-refractivity contribution in [2.75, 3.05) is 13.1 Å². The van der Waals surface area contributed by atoms with Crippen LogP contribution in [0.15, 0.2) is 48.5 Å². The lowest BCUT2D eigenvalue weighted by atomic mass is 9.74. The molecule has 2 aliphatic heterocycles. The van der Waals surface area contributed by atoms with Crippen molar-refractivity contribution in [1.29, 1.82) is 0 Å². The highest BCUT2D eigenvalue weighted by molar-refractivity contribution is 6.30. The zero-order chi connectivity index (χ0) is 19.0. The minimum atomic E-state index is -1.07. The number of halogens is 2. The molecule has 2 heterocycles. The Kier molecular flexibility index (Phi) is 4.87. The molecule has 0 aromatic heterocycles. The minimum absolute atomic E-state index is 0.0206. The van der Waals surface area contributed by atoms with Gasteiger partial charge in [-0.15, -0.1) is 0 Å². The fourth-order valence-electron chi connectivity index (χ4n) is 4.37. The van der Waals surface area contributed by atoms with E-state index in [0.717, 1.165) is 24.0 Å². The average Bonchev–Trinajstić information content (AvgIpc) is 3.01. The number of nitrogens with zero attached hydrogens (tertiary/aromatic N) is 1. The van der Waals surface area contributed by atoms with Gasteiger partial charge >= 0.3 is 0 Å². The molecule has 1 N–H and O–H groups in total. The molecule has 2 saturated heterocycles. The fraction of sp³-hybridized carbons (Fsp3) is 0.333. The molecule has 2 aromatic rings. The van der Waals surface area contributed by atoms with Gasteiger partial charge in [-0.25, -0.2) is 0 Å². The van der Waals surface area contributed by atoms with Gasteiger partial charge in [-0.1, -0.05) is 47.5 Å². The number of carbonyl (C=O) groups is 2. The monoisotopic (exact) mass is 402 g/mol. The van der Waals surface area contributed by atoms with E-state index in [0.29, 0.717) is 29.6 Å². The van der Waals surface area contributed by atoms with Crippen LogP contribution < -0.4 is 5.32 Å². The minimum Gasteiger partial charge on any atom is -0.353 e. The van der Waals surface area contributed by atoms with E-state index in [1.807, 2.05) is 36.4 Å². The number of amides is 2. The molecule has 6 heteroatoms. The summed E-state index contributed by atoms with van der Waals surface area (Å²) in [5.74, 6) is -0.322. The number of piperidine rings is 1. The summed E-state index contributed by atoms with van der Waals surface area (Å²) in [4.78, 5) is 28.0. The summed E-state index contributed by atoms with van der Waals surface area (Å²) < 4.78 is 0. The maximum Gasteiger partial charge on any atom is 0.251 e. The topological polar surface area (TPSA) is 49.4 Å². The molecule has 2 aliphatic rings. The van der Waals surface area contributed by atoms with Gasteiger partial charge in [0.25, 0.3) is 5.91 Å². The van der Waals surface area contributed by atoms with Crippen LogP contribution in [0, 0.1) is 0 Å². The second-order valence-corrected chi connectivity index (χ2v) is 7.96. The van der Waals surface area contributed by atoms with Crippen LogP contribution in [0.4, 0.5) is 0 Å². The summed E-state index contributed by atoms with van der Waals surface area (Å²) in [6, 6.07) is 14.8. The van der Waals surface area contributed by atoms with Crippen LogP contribution in [0.2, 0.25) is 10.0 Å². The average molecular weight is 403 g/mol. The standard InChI is InChI=1S/C21H20Cl2N2O2/c22-16-8-4-14(5-9-16)18-13-24-20(27)21(18,15-6-10-17(23)11-7-15)25-12-2-1-3-19(25)26/h4-11,18H,1-3,12-13H2,(H,24,27). The number of likely N-dealkylation sites (tertiary alicyclic amines) is 1. The van der Waals surface area contributed by atoms with Gasteiger partial charge < -0.3 is 10.2 Å². The van der Waals surface area contributed by atoms with Crippen LogP contribution in [-0.4, -0.2) is 29.8 Å². The Morgan fingerprint density at radius 1 is 0.926 bits per heavy atom.